The summed E-state index contributed by atoms with van der Waals surface area (Å²) in [7, 11) is 0. The molecule has 0 unspecified atom stereocenters. The highest BCUT2D eigenvalue weighted by Gasteiger charge is 2.21. The number of hydrogen-bond donors (Lipinski definition) is 1. The predicted molar refractivity (Wildman–Crippen MR) is 81.4 cm³/mol. The maximum Gasteiger partial charge on any atom is 0.227 e. The Morgan fingerprint density at radius 1 is 1.20 bits per heavy atom. The van der Waals surface area contributed by atoms with Gasteiger partial charge in [0.2, 0.25) is 5.88 Å². The van der Waals surface area contributed by atoms with Gasteiger partial charge in [0.1, 0.15) is 17.4 Å². The molecule has 0 spiro atoms. The first kappa shape index (κ1) is 14.6. The van der Waals surface area contributed by atoms with Gasteiger partial charge in [0, 0.05) is 10.4 Å². The molecule has 0 saturated heterocycles. The summed E-state index contributed by atoms with van der Waals surface area (Å²) in [6, 6.07) is 7.16. The fourth-order valence-corrected chi connectivity index (χ4v) is 1.77. The van der Waals surface area contributed by atoms with Crippen LogP contribution in [0.4, 0.5) is 5.82 Å². The fourth-order valence-electron chi connectivity index (χ4n) is 1.59. The van der Waals surface area contributed by atoms with Crippen LogP contribution in [0.1, 0.15) is 32.2 Å². The SMILES string of the molecule is Cc1c(N)nc(C(C)(C)C)nc1Oc1cccc(Cl)c1. The molecule has 0 bridgehead atoms. The van der Waals surface area contributed by atoms with Gasteiger partial charge in [0.15, 0.2) is 0 Å². The third-order valence-electron chi connectivity index (χ3n) is 2.82. The third kappa shape index (κ3) is 3.20. The van der Waals surface area contributed by atoms with Gasteiger partial charge >= 0.3 is 0 Å². The zero-order valence-electron chi connectivity index (χ0n) is 12.1. The lowest BCUT2D eigenvalue weighted by Gasteiger charge is -2.19. The quantitative estimate of drug-likeness (QED) is 0.904. The van der Waals surface area contributed by atoms with Gasteiger partial charge in [-0.1, -0.05) is 38.4 Å². The van der Waals surface area contributed by atoms with Crippen molar-refractivity contribution in [1.29, 1.82) is 0 Å². The van der Waals surface area contributed by atoms with Crippen molar-refractivity contribution in [1.82, 2.24) is 9.97 Å². The highest BCUT2D eigenvalue weighted by atomic mass is 35.5. The first-order chi connectivity index (χ1) is 9.27. The van der Waals surface area contributed by atoms with Crippen LogP contribution in [0.25, 0.3) is 0 Å². The van der Waals surface area contributed by atoms with Gasteiger partial charge in [-0.25, -0.2) is 4.98 Å². The van der Waals surface area contributed by atoms with E-state index in [4.69, 9.17) is 22.1 Å². The smallest absolute Gasteiger partial charge is 0.227 e. The van der Waals surface area contributed by atoms with E-state index in [9.17, 15) is 0 Å². The molecular weight excluding hydrogens is 274 g/mol. The van der Waals surface area contributed by atoms with Gasteiger partial charge in [-0.2, -0.15) is 4.98 Å². The van der Waals surface area contributed by atoms with Crippen LogP contribution < -0.4 is 10.5 Å². The van der Waals surface area contributed by atoms with Crippen LogP contribution in [0.2, 0.25) is 5.02 Å². The van der Waals surface area contributed by atoms with E-state index >= 15 is 0 Å². The standard InChI is InChI=1S/C15H18ClN3O/c1-9-12(17)18-14(15(2,3)4)19-13(9)20-11-7-5-6-10(16)8-11/h5-8H,1-4H3,(H2,17,18,19). The van der Waals surface area contributed by atoms with Gasteiger partial charge in [0.25, 0.3) is 0 Å². The molecule has 0 aliphatic heterocycles. The normalized spacial score (nSPS) is 11.4. The number of nitrogens with zero attached hydrogens (tertiary/aromatic N) is 2. The molecule has 0 atom stereocenters. The predicted octanol–water partition coefficient (Wildman–Crippen LogP) is 4.11. The van der Waals surface area contributed by atoms with Crippen LogP contribution in [-0.2, 0) is 5.41 Å². The zero-order chi connectivity index (χ0) is 14.9. The third-order valence-corrected chi connectivity index (χ3v) is 3.06. The number of aromatic nitrogens is 2. The van der Waals surface area contributed by atoms with E-state index < -0.39 is 0 Å². The number of halogens is 1. The van der Waals surface area contributed by atoms with E-state index in [1.807, 2.05) is 39.8 Å². The van der Waals surface area contributed by atoms with Crippen molar-refractivity contribution in [2.45, 2.75) is 33.1 Å². The first-order valence-corrected chi connectivity index (χ1v) is 6.73. The van der Waals surface area contributed by atoms with Crippen LogP contribution in [0, 0.1) is 6.92 Å². The summed E-state index contributed by atoms with van der Waals surface area (Å²) in [5.74, 6) is 2.17. The van der Waals surface area contributed by atoms with Crippen LogP contribution in [0.15, 0.2) is 24.3 Å². The van der Waals surface area contributed by atoms with E-state index in [2.05, 4.69) is 9.97 Å². The lowest BCUT2D eigenvalue weighted by molar-refractivity contribution is 0.443. The summed E-state index contributed by atoms with van der Waals surface area (Å²) in [4.78, 5) is 8.80. The minimum absolute atomic E-state index is 0.200. The van der Waals surface area contributed by atoms with E-state index in [-0.39, 0.29) is 5.41 Å². The molecule has 1 aromatic heterocycles. The molecule has 2 N–H and O–H groups in total. The molecule has 1 aromatic carbocycles. The van der Waals surface area contributed by atoms with E-state index in [1.54, 1.807) is 12.1 Å². The number of ether oxygens (including phenoxy) is 1. The molecular formula is C15H18ClN3O. The number of benzene rings is 1. The summed E-state index contributed by atoms with van der Waals surface area (Å²) in [5.41, 5.74) is 6.46. The van der Waals surface area contributed by atoms with Gasteiger partial charge in [-0.15, -0.1) is 0 Å². The van der Waals surface area contributed by atoms with Gasteiger partial charge in [0.05, 0.1) is 5.56 Å². The topological polar surface area (TPSA) is 61.0 Å². The second kappa shape index (κ2) is 5.29. The monoisotopic (exact) mass is 291 g/mol. The lowest BCUT2D eigenvalue weighted by atomic mass is 9.95. The van der Waals surface area contributed by atoms with Crippen molar-refractivity contribution in [3.05, 3.63) is 40.7 Å². The number of nitrogen functional groups attached to an aromatic ring is 1. The largest absolute Gasteiger partial charge is 0.438 e. The van der Waals surface area contributed by atoms with Crippen molar-refractivity contribution in [2.75, 3.05) is 5.73 Å². The van der Waals surface area contributed by atoms with Crippen LogP contribution >= 0.6 is 11.6 Å². The highest BCUT2D eigenvalue weighted by molar-refractivity contribution is 6.30. The van der Waals surface area contributed by atoms with Crippen LogP contribution in [-0.4, -0.2) is 9.97 Å². The zero-order valence-corrected chi connectivity index (χ0v) is 12.8. The van der Waals surface area contributed by atoms with Crippen LogP contribution in [0.5, 0.6) is 11.6 Å². The molecule has 20 heavy (non-hydrogen) atoms. The minimum Gasteiger partial charge on any atom is -0.438 e. The van der Waals surface area contributed by atoms with E-state index in [0.717, 1.165) is 5.56 Å². The average molecular weight is 292 g/mol. The van der Waals surface area contributed by atoms with Crippen molar-refractivity contribution < 1.29 is 4.74 Å². The molecule has 106 valence electrons. The van der Waals surface area contributed by atoms with Crippen LogP contribution in [0.3, 0.4) is 0 Å². The number of rotatable bonds is 2. The fraction of sp³-hybridized carbons (Fsp3) is 0.333. The maximum atomic E-state index is 5.95. The second-order valence-electron chi connectivity index (χ2n) is 5.67. The van der Waals surface area contributed by atoms with Crippen molar-refractivity contribution in [3.8, 4) is 11.6 Å². The average Bonchev–Trinajstić information content (AvgIpc) is 2.33. The molecule has 0 radical (unpaired) electrons. The Kier molecular flexibility index (Phi) is 3.86. The Morgan fingerprint density at radius 2 is 1.90 bits per heavy atom. The van der Waals surface area contributed by atoms with Crippen molar-refractivity contribution >= 4 is 17.4 Å². The van der Waals surface area contributed by atoms with E-state index in [0.29, 0.717) is 28.3 Å². The maximum absolute atomic E-state index is 5.95. The van der Waals surface area contributed by atoms with Gasteiger partial charge < -0.3 is 10.5 Å². The molecule has 2 aromatic rings. The van der Waals surface area contributed by atoms with E-state index in [1.165, 1.54) is 0 Å². The first-order valence-electron chi connectivity index (χ1n) is 6.35. The molecule has 0 aliphatic rings. The molecule has 1 heterocycles. The second-order valence-corrected chi connectivity index (χ2v) is 6.11. The number of anilines is 1. The summed E-state index contributed by atoms with van der Waals surface area (Å²) in [6.07, 6.45) is 0. The molecule has 0 fully saturated rings. The summed E-state index contributed by atoms with van der Waals surface area (Å²) in [5, 5.41) is 0.609. The van der Waals surface area contributed by atoms with Crippen molar-refractivity contribution in [3.63, 3.8) is 0 Å². The molecule has 2 rings (SSSR count). The molecule has 5 heteroatoms. The Bertz CT molecular complexity index is 636. The van der Waals surface area contributed by atoms with Crippen molar-refractivity contribution in [2.24, 2.45) is 0 Å². The number of nitrogens with two attached hydrogens (primary N) is 1. The Labute approximate surface area is 124 Å². The molecule has 0 aliphatic carbocycles. The Balaban J connectivity index is 2.43. The Morgan fingerprint density at radius 3 is 2.50 bits per heavy atom. The summed E-state index contributed by atoms with van der Waals surface area (Å²) in [6.45, 7) is 7.92. The summed E-state index contributed by atoms with van der Waals surface area (Å²) < 4.78 is 5.79. The molecule has 4 nitrogen and oxygen atoms in total. The lowest BCUT2D eigenvalue weighted by Crippen LogP contribution is -2.18. The minimum atomic E-state index is -0.200. The Hall–Kier alpha value is -1.81. The highest BCUT2D eigenvalue weighted by Crippen LogP contribution is 2.30. The molecule has 0 saturated carbocycles. The summed E-state index contributed by atoms with van der Waals surface area (Å²) >= 11 is 5.95. The van der Waals surface area contributed by atoms with Gasteiger partial charge in [-0.3, -0.25) is 0 Å². The van der Waals surface area contributed by atoms with Gasteiger partial charge in [-0.05, 0) is 25.1 Å². The number of hydrogen-bond acceptors (Lipinski definition) is 4. The molecule has 0 amide bonds.